The summed E-state index contributed by atoms with van der Waals surface area (Å²) in [5, 5.41) is 18.5. The van der Waals surface area contributed by atoms with Gasteiger partial charge < -0.3 is 14.3 Å². The highest BCUT2D eigenvalue weighted by Gasteiger charge is 2.56. The van der Waals surface area contributed by atoms with Crippen molar-refractivity contribution in [1.29, 1.82) is 0 Å². The number of aryl methyl sites for hydroxylation is 1. The van der Waals surface area contributed by atoms with Gasteiger partial charge in [0.05, 0.1) is 18.2 Å². The Balaban J connectivity index is 1.61. The highest BCUT2D eigenvalue weighted by atomic mass is 16.5. The van der Waals surface area contributed by atoms with Crippen LogP contribution in [0.15, 0.2) is 4.42 Å². The molecule has 1 saturated heterocycles. The predicted molar refractivity (Wildman–Crippen MR) is 81.4 cm³/mol. The summed E-state index contributed by atoms with van der Waals surface area (Å²) in [6.45, 7) is 8.75. The van der Waals surface area contributed by atoms with Gasteiger partial charge in [0, 0.05) is 24.9 Å². The summed E-state index contributed by atoms with van der Waals surface area (Å²) < 4.78 is 11.5. The molecule has 22 heavy (non-hydrogen) atoms. The summed E-state index contributed by atoms with van der Waals surface area (Å²) in [6, 6.07) is 0.132. The van der Waals surface area contributed by atoms with Crippen molar-refractivity contribution in [2.24, 2.45) is 5.41 Å². The zero-order valence-corrected chi connectivity index (χ0v) is 13.8. The lowest BCUT2D eigenvalue weighted by Gasteiger charge is -2.57. The monoisotopic (exact) mass is 309 g/mol. The van der Waals surface area contributed by atoms with E-state index in [-0.39, 0.29) is 23.7 Å². The first-order valence-electron chi connectivity index (χ1n) is 8.46. The maximum atomic E-state index is 10.3. The van der Waals surface area contributed by atoms with E-state index in [2.05, 4.69) is 22.0 Å². The van der Waals surface area contributed by atoms with E-state index in [1.807, 2.05) is 13.8 Å². The molecule has 0 bridgehead atoms. The van der Waals surface area contributed by atoms with Crippen LogP contribution in [-0.4, -0.2) is 52.1 Å². The Hall–Kier alpha value is -0.980. The molecule has 124 valence electrons. The number of rotatable bonds is 5. The molecule has 0 amide bonds. The van der Waals surface area contributed by atoms with Gasteiger partial charge in [0.2, 0.25) is 11.8 Å². The minimum atomic E-state index is -0.211. The molecular formula is C16H27N3O3. The second kappa shape index (κ2) is 6.26. The van der Waals surface area contributed by atoms with E-state index in [0.717, 1.165) is 45.4 Å². The molecule has 1 aromatic heterocycles. The molecule has 3 rings (SSSR count). The normalized spacial score (nSPS) is 29.5. The molecule has 1 aliphatic heterocycles. The first-order chi connectivity index (χ1) is 10.6. The van der Waals surface area contributed by atoms with E-state index in [1.54, 1.807) is 0 Å². The third kappa shape index (κ3) is 2.57. The van der Waals surface area contributed by atoms with E-state index in [9.17, 15) is 5.11 Å². The number of nitrogens with zero attached hydrogens (tertiary/aromatic N) is 3. The number of likely N-dealkylation sites (tertiary alicyclic amines) is 1. The fraction of sp³-hybridized carbons (Fsp3) is 0.875. The summed E-state index contributed by atoms with van der Waals surface area (Å²) in [4.78, 5) is 2.37. The van der Waals surface area contributed by atoms with Gasteiger partial charge in [-0.2, -0.15) is 0 Å². The Morgan fingerprint density at radius 3 is 2.64 bits per heavy atom. The van der Waals surface area contributed by atoms with Gasteiger partial charge in [-0.05, 0) is 39.8 Å². The largest absolute Gasteiger partial charge is 0.424 e. The van der Waals surface area contributed by atoms with Crippen LogP contribution in [0.2, 0.25) is 0 Å². The third-order valence-electron chi connectivity index (χ3n) is 5.53. The van der Waals surface area contributed by atoms with E-state index in [1.165, 1.54) is 0 Å². The maximum Gasteiger partial charge on any atom is 0.233 e. The molecule has 3 atom stereocenters. The van der Waals surface area contributed by atoms with Gasteiger partial charge in [0.1, 0.15) is 0 Å². The summed E-state index contributed by atoms with van der Waals surface area (Å²) in [6.07, 6.45) is 3.50. The molecule has 6 nitrogen and oxygen atoms in total. The minimum Gasteiger partial charge on any atom is -0.424 e. The van der Waals surface area contributed by atoms with Crippen molar-refractivity contribution in [3.63, 3.8) is 0 Å². The standard InChI is InChI=1S/C16H27N3O3/c1-4-14-17-18-15(22-14)11(3)19-8-6-16(7-9-19)12(20)10-13(16)21-5-2/h11-13,20H,4-10H2,1-3H3. The van der Waals surface area contributed by atoms with Gasteiger partial charge in [0.25, 0.3) is 0 Å². The van der Waals surface area contributed by atoms with Crippen molar-refractivity contribution in [1.82, 2.24) is 15.1 Å². The summed E-state index contributed by atoms with van der Waals surface area (Å²) in [7, 11) is 0. The van der Waals surface area contributed by atoms with Crippen LogP contribution in [0.1, 0.15) is 57.9 Å². The molecule has 1 aromatic rings. The SMILES string of the molecule is CCOC1CC(O)C12CCN(C(C)c1nnc(CC)o1)CC2. The number of aliphatic hydroxyl groups is 1. The smallest absolute Gasteiger partial charge is 0.233 e. The lowest BCUT2D eigenvalue weighted by molar-refractivity contribution is -0.211. The van der Waals surface area contributed by atoms with Crippen LogP contribution in [0.25, 0.3) is 0 Å². The van der Waals surface area contributed by atoms with Crippen LogP contribution in [0.4, 0.5) is 0 Å². The van der Waals surface area contributed by atoms with Crippen LogP contribution >= 0.6 is 0 Å². The molecular weight excluding hydrogens is 282 g/mol. The predicted octanol–water partition coefficient (Wildman–Crippen LogP) is 1.94. The lowest BCUT2D eigenvalue weighted by Crippen LogP contribution is -2.62. The van der Waals surface area contributed by atoms with Gasteiger partial charge in [-0.1, -0.05) is 6.92 Å². The van der Waals surface area contributed by atoms with E-state index in [0.29, 0.717) is 11.8 Å². The fourth-order valence-electron chi connectivity index (χ4n) is 3.88. The van der Waals surface area contributed by atoms with Crippen molar-refractivity contribution in [3.8, 4) is 0 Å². The molecule has 1 N–H and O–H groups in total. The number of ether oxygens (including phenoxy) is 1. The van der Waals surface area contributed by atoms with E-state index in [4.69, 9.17) is 9.15 Å². The van der Waals surface area contributed by atoms with E-state index < -0.39 is 0 Å². The zero-order chi connectivity index (χ0) is 15.7. The molecule has 2 fully saturated rings. The molecule has 1 spiro atoms. The second-order valence-corrected chi connectivity index (χ2v) is 6.53. The number of aliphatic hydroxyl groups excluding tert-OH is 1. The second-order valence-electron chi connectivity index (χ2n) is 6.53. The van der Waals surface area contributed by atoms with E-state index >= 15 is 0 Å². The first-order valence-corrected chi connectivity index (χ1v) is 8.46. The zero-order valence-electron chi connectivity index (χ0n) is 13.8. The molecule has 0 radical (unpaired) electrons. The molecule has 2 aliphatic rings. The summed E-state index contributed by atoms with van der Waals surface area (Å²) in [5.74, 6) is 1.39. The van der Waals surface area contributed by atoms with Gasteiger partial charge in [-0.15, -0.1) is 10.2 Å². The highest BCUT2D eigenvalue weighted by Crippen LogP contribution is 2.51. The minimum absolute atomic E-state index is 0.0321. The molecule has 3 unspecified atom stereocenters. The Labute approximate surface area is 131 Å². The topological polar surface area (TPSA) is 71.6 Å². The van der Waals surface area contributed by atoms with Crippen LogP contribution < -0.4 is 0 Å². The van der Waals surface area contributed by atoms with Crippen molar-refractivity contribution in [3.05, 3.63) is 11.8 Å². The van der Waals surface area contributed by atoms with Gasteiger partial charge in [-0.25, -0.2) is 0 Å². The van der Waals surface area contributed by atoms with Crippen LogP contribution in [-0.2, 0) is 11.2 Å². The van der Waals surface area contributed by atoms with Crippen molar-refractivity contribution in [2.75, 3.05) is 19.7 Å². The Kier molecular flexibility index (Phi) is 4.52. The first kappa shape index (κ1) is 15.9. The number of aromatic nitrogens is 2. The summed E-state index contributed by atoms with van der Waals surface area (Å²) >= 11 is 0. The number of hydrogen-bond acceptors (Lipinski definition) is 6. The van der Waals surface area contributed by atoms with Crippen molar-refractivity contribution in [2.45, 2.75) is 64.7 Å². The average molecular weight is 309 g/mol. The Bertz CT molecular complexity index is 495. The van der Waals surface area contributed by atoms with Gasteiger partial charge in [-0.3, -0.25) is 4.90 Å². The molecule has 2 heterocycles. The molecule has 6 heteroatoms. The third-order valence-corrected chi connectivity index (χ3v) is 5.53. The van der Waals surface area contributed by atoms with Crippen LogP contribution in [0.3, 0.4) is 0 Å². The highest BCUT2D eigenvalue weighted by molar-refractivity contribution is 5.07. The van der Waals surface area contributed by atoms with Crippen molar-refractivity contribution < 1.29 is 14.3 Å². The maximum absolute atomic E-state index is 10.3. The van der Waals surface area contributed by atoms with Crippen LogP contribution in [0.5, 0.6) is 0 Å². The molecule has 0 aromatic carbocycles. The van der Waals surface area contributed by atoms with Crippen LogP contribution in [0, 0.1) is 5.41 Å². The Morgan fingerprint density at radius 2 is 2.09 bits per heavy atom. The van der Waals surface area contributed by atoms with Gasteiger partial charge in [0.15, 0.2) is 0 Å². The number of hydrogen-bond donors (Lipinski definition) is 1. The summed E-state index contributed by atoms with van der Waals surface area (Å²) in [5.41, 5.74) is -0.0321. The molecule has 1 aliphatic carbocycles. The number of piperidine rings is 1. The Morgan fingerprint density at radius 1 is 1.36 bits per heavy atom. The van der Waals surface area contributed by atoms with Crippen molar-refractivity contribution >= 4 is 0 Å². The average Bonchev–Trinajstić information content (AvgIpc) is 3.03. The lowest BCUT2D eigenvalue weighted by atomic mass is 9.58. The fourth-order valence-corrected chi connectivity index (χ4v) is 3.88. The molecule has 1 saturated carbocycles. The van der Waals surface area contributed by atoms with Gasteiger partial charge >= 0.3 is 0 Å². The quantitative estimate of drug-likeness (QED) is 0.896.